The summed E-state index contributed by atoms with van der Waals surface area (Å²) in [7, 11) is -10.4. The molecule has 0 aliphatic heterocycles. The largest absolute Gasteiger partial charge is 1.00 e. The Bertz CT molecular complexity index is 153. The first-order valence-corrected chi connectivity index (χ1v) is 4.54. The molecule has 0 aliphatic rings. The Morgan fingerprint density at radius 2 is 1.33 bits per heavy atom. The summed E-state index contributed by atoms with van der Waals surface area (Å²) >= 11 is 0. The van der Waals surface area contributed by atoms with Crippen molar-refractivity contribution in [3.05, 3.63) is 0 Å². The van der Waals surface area contributed by atoms with Gasteiger partial charge in [0.25, 0.3) is 7.82 Å². The van der Waals surface area contributed by atoms with Gasteiger partial charge in [0.1, 0.15) is 0 Å². The van der Waals surface area contributed by atoms with E-state index >= 15 is 0 Å². The van der Waals surface area contributed by atoms with Crippen LogP contribution in [0.5, 0.6) is 0 Å². The van der Waals surface area contributed by atoms with Crippen LogP contribution in [-0.4, -0.2) is 25.6 Å². The first-order valence-electron chi connectivity index (χ1n) is 1.51. The van der Waals surface area contributed by atoms with Crippen LogP contribution in [0.1, 0.15) is 0 Å². The molecule has 72 valence electrons. The van der Waals surface area contributed by atoms with Crippen molar-refractivity contribution in [3.8, 4) is 0 Å². The maximum Gasteiger partial charge on any atom is 1.00 e. The molecule has 0 aromatic rings. The van der Waals surface area contributed by atoms with Gasteiger partial charge in [-0.25, -0.2) is 8.88 Å². The molecule has 0 fully saturated rings. The van der Waals surface area contributed by atoms with E-state index in [2.05, 4.69) is 4.31 Å². The molecule has 0 amide bonds. The van der Waals surface area contributed by atoms with E-state index in [0.29, 0.717) is 0 Å². The molecule has 7 N–H and O–H groups in total. The molecule has 0 aromatic carbocycles. The van der Waals surface area contributed by atoms with Crippen molar-refractivity contribution in [2.75, 3.05) is 0 Å². The average Bonchev–Trinajstić information content (AvgIpc) is 1.14. The van der Waals surface area contributed by atoms with Gasteiger partial charge in [0.2, 0.25) is 0 Å². The fourth-order valence-electron chi connectivity index (χ4n) is 0.134. The number of hydrogen-bond donors (Lipinski definition) is 3. The van der Waals surface area contributed by atoms with Gasteiger partial charge in [-0.15, -0.1) is 0 Å². The van der Waals surface area contributed by atoms with Crippen LogP contribution in [0.25, 0.3) is 0 Å². The van der Waals surface area contributed by atoms with Crippen molar-refractivity contribution in [3.63, 3.8) is 0 Å². The average molecular weight is 236 g/mol. The molecule has 1 unspecified atom stereocenters. The Kier molecular flexibility index (Phi) is 14.6. The first-order chi connectivity index (χ1) is 3.71. The molecule has 0 aliphatic carbocycles. The van der Waals surface area contributed by atoms with E-state index in [0.717, 1.165) is 0 Å². The van der Waals surface area contributed by atoms with Gasteiger partial charge in [0.15, 0.2) is 0 Å². The van der Waals surface area contributed by atoms with E-state index < -0.39 is 15.6 Å². The quantitative estimate of drug-likeness (QED) is 0.313. The molecular formula is H7NaO9P2. The standard InChI is InChI=1S/Na.H4O7P2.2H2O/c;1-8(2,3)7-9(4,5)6;;/h;(H2,1,2,3)(H2,4,5,6);2*1H2/q+1;;;/p-1. The predicted molar refractivity (Wildman–Crippen MR) is 30.2 cm³/mol. The molecule has 0 spiro atoms. The summed E-state index contributed by atoms with van der Waals surface area (Å²) in [4.78, 5) is 32.6. The maximum absolute atomic E-state index is 9.59. The van der Waals surface area contributed by atoms with Crippen molar-refractivity contribution in [2.24, 2.45) is 0 Å². The van der Waals surface area contributed by atoms with Crippen LogP contribution in [0.3, 0.4) is 0 Å². The topological polar surface area (TPSA) is 190 Å². The van der Waals surface area contributed by atoms with E-state index in [4.69, 9.17) is 14.7 Å². The van der Waals surface area contributed by atoms with E-state index in [1.807, 2.05) is 0 Å². The van der Waals surface area contributed by atoms with Crippen molar-refractivity contribution in [1.29, 1.82) is 0 Å². The molecule has 0 aromatic heterocycles. The van der Waals surface area contributed by atoms with Crippen molar-refractivity contribution >= 4 is 15.6 Å². The minimum atomic E-state index is -5.30. The zero-order chi connectivity index (χ0) is 7.71. The molecule has 9 nitrogen and oxygen atoms in total. The molecule has 0 radical (unpaired) electrons. The summed E-state index contributed by atoms with van der Waals surface area (Å²) in [5, 5.41) is 0. The zero-order valence-corrected chi connectivity index (χ0v) is 9.66. The summed E-state index contributed by atoms with van der Waals surface area (Å²) in [5.41, 5.74) is 0. The van der Waals surface area contributed by atoms with Crippen LogP contribution in [0.4, 0.5) is 0 Å². The minimum absolute atomic E-state index is 0. The maximum atomic E-state index is 9.59. The SMILES string of the molecule is O.O.O=P([O-])(O)OP(=O)(O)O.[Na+]. The third-order valence-electron chi connectivity index (χ3n) is 0.210. The van der Waals surface area contributed by atoms with Crippen molar-refractivity contribution < 1.29 is 73.5 Å². The summed E-state index contributed by atoms with van der Waals surface area (Å²) in [6.07, 6.45) is 0. The van der Waals surface area contributed by atoms with Crippen LogP contribution in [0.2, 0.25) is 0 Å². The molecule has 0 bridgehead atoms. The Morgan fingerprint density at radius 3 is 1.33 bits per heavy atom. The van der Waals surface area contributed by atoms with E-state index in [1.165, 1.54) is 0 Å². The fourth-order valence-corrected chi connectivity index (χ4v) is 1.21. The monoisotopic (exact) mass is 236 g/mol. The molecule has 0 rings (SSSR count). The zero-order valence-electron chi connectivity index (χ0n) is 5.87. The smallest absolute Gasteiger partial charge is 0.756 e. The molecule has 12 heavy (non-hydrogen) atoms. The van der Waals surface area contributed by atoms with Gasteiger partial charge >= 0.3 is 37.4 Å². The molecule has 0 saturated carbocycles. The van der Waals surface area contributed by atoms with Gasteiger partial charge in [0, 0.05) is 0 Å². The molecule has 0 saturated heterocycles. The molecular weight excluding hydrogens is 229 g/mol. The van der Waals surface area contributed by atoms with Gasteiger partial charge in [-0.2, -0.15) is 0 Å². The molecule has 0 heterocycles. The first kappa shape index (κ1) is 23.2. The minimum Gasteiger partial charge on any atom is -0.756 e. The van der Waals surface area contributed by atoms with Crippen LogP contribution < -0.4 is 34.5 Å². The van der Waals surface area contributed by atoms with E-state index in [-0.39, 0.29) is 40.5 Å². The summed E-state index contributed by atoms with van der Waals surface area (Å²) in [6, 6.07) is 0. The van der Waals surface area contributed by atoms with Gasteiger partial charge in [-0.1, -0.05) is 0 Å². The summed E-state index contributed by atoms with van der Waals surface area (Å²) in [5.74, 6) is 0. The Balaban J connectivity index is -0.000000107. The summed E-state index contributed by atoms with van der Waals surface area (Å²) < 4.78 is 21.9. The summed E-state index contributed by atoms with van der Waals surface area (Å²) in [6.45, 7) is 0. The number of phosphoric acid groups is 2. The second-order valence-electron chi connectivity index (χ2n) is 1.04. The van der Waals surface area contributed by atoms with Crippen molar-refractivity contribution in [1.82, 2.24) is 0 Å². The number of rotatable bonds is 2. The Morgan fingerprint density at radius 1 is 1.08 bits per heavy atom. The van der Waals surface area contributed by atoms with E-state index in [9.17, 15) is 14.0 Å². The number of hydrogen-bond acceptors (Lipinski definition) is 4. The van der Waals surface area contributed by atoms with Crippen LogP contribution in [0, 0.1) is 0 Å². The van der Waals surface area contributed by atoms with Gasteiger partial charge in [-0.05, 0) is 0 Å². The third kappa shape index (κ3) is 22.5. The van der Waals surface area contributed by atoms with E-state index in [1.54, 1.807) is 0 Å². The van der Waals surface area contributed by atoms with Crippen molar-refractivity contribution in [2.45, 2.75) is 0 Å². The Hall–Kier alpha value is 1.18. The third-order valence-corrected chi connectivity index (χ3v) is 1.89. The van der Waals surface area contributed by atoms with Gasteiger partial charge in [0.05, 0.1) is 0 Å². The van der Waals surface area contributed by atoms with Gasteiger partial charge in [-0.3, -0.25) is 4.57 Å². The second-order valence-corrected chi connectivity index (χ2v) is 3.61. The van der Waals surface area contributed by atoms with Crippen LogP contribution >= 0.6 is 15.6 Å². The molecule has 1 atom stereocenters. The fraction of sp³-hybridized carbons (Fsp3) is 0. The normalized spacial score (nSPS) is 14.3. The Labute approximate surface area is 89.1 Å². The second kappa shape index (κ2) is 7.57. The predicted octanol–water partition coefficient (Wildman–Crippen LogP) is -6.09. The van der Waals surface area contributed by atoms with Crippen LogP contribution in [-0.2, 0) is 13.4 Å². The van der Waals surface area contributed by atoms with Gasteiger partial charge < -0.3 is 30.5 Å². The molecule has 12 heteroatoms. The van der Waals surface area contributed by atoms with Crippen LogP contribution in [0.15, 0.2) is 0 Å².